The normalized spacial score (nSPS) is 16.1. The van der Waals surface area contributed by atoms with E-state index < -0.39 is 0 Å². The standard InChI is InChI=1S/C28H29N5O/c34-28(31-23-14-15-23)22-12-10-21(11-13-22)25-17-30-27-26(29-16-19-6-4-5-7-19)32-24(18-33(25)27)20-8-2-1-3-9-20/h1-3,8-13,17-19,23H,4-7,14-16H2,(H,29,32)(H,31,34). The van der Waals surface area contributed by atoms with Crippen LogP contribution in [0.1, 0.15) is 48.9 Å². The van der Waals surface area contributed by atoms with Crippen LogP contribution in [0.5, 0.6) is 0 Å². The summed E-state index contributed by atoms with van der Waals surface area (Å²) in [4.78, 5) is 22.1. The Balaban J connectivity index is 1.36. The summed E-state index contributed by atoms with van der Waals surface area (Å²) in [7, 11) is 0. The van der Waals surface area contributed by atoms with E-state index >= 15 is 0 Å². The molecule has 2 fully saturated rings. The fourth-order valence-corrected chi connectivity index (χ4v) is 4.81. The van der Waals surface area contributed by atoms with E-state index in [9.17, 15) is 4.79 Å². The molecule has 2 aliphatic rings. The maximum Gasteiger partial charge on any atom is 0.251 e. The van der Waals surface area contributed by atoms with Crippen molar-refractivity contribution in [3.05, 3.63) is 72.6 Å². The Morgan fingerprint density at radius 1 is 0.941 bits per heavy atom. The van der Waals surface area contributed by atoms with Crippen molar-refractivity contribution in [2.75, 3.05) is 11.9 Å². The van der Waals surface area contributed by atoms with E-state index in [-0.39, 0.29) is 5.91 Å². The first-order valence-corrected chi connectivity index (χ1v) is 12.3. The van der Waals surface area contributed by atoms with Crippen LogP contribution in [0.4, 0.5) is 5.82 Å². The first-order chi connectivity index (χ1) is 16.7. The minimum absolute atomic E-state index is 0.00107. The summed E-state index contributed by atoms with van der Waals surface area (Å²) in [5, 5.41) is 6.66. The van der Waals surface area contributed by atoms with E-state index in [1.165, 1.54) is 25.7 Å². The summed E-state index contributed by atoms with van der Waals surface area (Å²) in [5.74, 6) is 1.52. The molecule has 2 aromatic carbocycles. The number of hydrogen-bond donors (Lipinski definition) is 2. The number of amides is 1. The lowest BCUT2D eigenvalue weighted by molar-refractivity contribution is 0.0951. The van der Waals surface area contributed by atoms with Crippen molar-refractivity contribution in [1.82, 2.24) is 19.7 Å². The Bertz CT molecular complexity index is 1300. The van der Waals surface area contributed by atoms with Crippen molar-refractivity contribution >= 4 is 17.4 Å². The van der Waals surface area contributed by atoms with Gasteiger partial charge in [0.1, 0.15) is 0 Å². The van der Waals surface area contributed by atoms with Crippen molar-refractivity contribution < 1.29 is 4.79 Å². The molecule has 0 aliphatic heterocycles. The highest BCUT2D eigenvalue weighted by atomic mass is 16.1. The van der Waals surface area contributed by atoms with Crippen molar-refractivity contribution in [2.24, 2.45) is 5.92 Å². The summed E-state index contributed by atoms with van der Waals surface area (Å²) in [6.45, 7) is 0.925. The summed E-state index contributed by atoms with van der Waals surface area (Å²) >= 11 is 0. The highest BCUT2D eigenvalue weighted by Gasteiger charge is 2.24. The molecular formula is C28H29N5O. The molecule has 6 rings (SSSR count). The molecule has 6 nitrogen and oxygen atoms in total. The molecule has 0 saturated heterocycles. The van der Waals surface area contributed by atoms with Crippen molar-refractivity contribution in [3.63, 3.8) is 0 Å². The molecule has 0 unspecified atom stereocenters. The molecule has 2 heterocycles. The third kappa shape index (κ3) is 4.28. The number of imidazole rings is 1. The molecule has 2 N–H and O–H groups in total. The summed E-state index contributed by atoms with van der Waals surface area (Å²) in [6, 6.07) is 18.4. The van der Waals surface area contributed by atoms with Crippen LogP contribution in [-0.4, -0.2) is 32.9 Å². The Morgan fingerprint density at radius 2 is 1.71 bits per heavy atom. The number of anilines is 1. The topological polar surface area (TPSA) is 71.3 Å². The van der Waals surface area contributed by atoms with Gasteiger partial charge in [0, 0.05) is 35.5 Å². The second kappa shape index (κ2) is 8.93. The molecule has 0 bridgehead atoms. The third-order valence-corrected chi connectivity index (χ3v) is 6.95. The average molecular weight is 452 g/mol. The zero-order valence-electron chi connectivity index (χ0n) is 19.2. The predicted molar refractivity (Wildman–Crippen MR) is 135 cm³/mol. The van der Waals surface area contributed by atoms with Crippen LogP contribution in [0.15, 0.2) is 67.0 Å². The van der Waals surface area contributed by atoms with Gasteiger partial charge in [-0.25, -0.2) is 9.97 Å². The van der Waals surface area contributed by atoms with Gasteiger partial charge in [-0.05, 0) is 43.7 Å². The van der Waals surface area contributed by atoms with Gasteiger partial charge in [0.05, 0.1) is 17.6 Å². The molecule has 2 aliphatic carbocycles. The zero-order valence-corrected chi connectivity index (χ0v) is 19.2. The lowest BCUT2D eigenvalue weighted by atomic mass is 10.1. The molecule has 6 heteroatoms. The summed E-state index contributed by atoms with van der Waals surface area (Å²) in [6.07, 6.45) is 11.3. The van der Waals surface area contributed by atoms with Gasteiger partial charge in [-0.2, -0.15) is 0 Å². The molecule has 2 saturated carbocycles. The number of carbonyl (C=O) groups is 1. The second-order valence-corrected chi connectivity index (χ2v) is 9.53. The van der Waals surface area contributed by atoms with Gasteiger partial charge in [0.2, 0.25) is 0 Å². The van der Waals surface area contributed by atoms with Crippen LogP contribution in [0.2, 0.25) is 0 Å². The monoisotopic (exact) mass is 451 g/mol. The Labute approximate surface area is 199 Å². The second-order valence-electron chi connectivity index (χ2n) is 9.53. The first-order valence-electron chi connectivity index (χ1n) is 12.3. The van der Waals surface area contributed by atoms with Gasteiger partial charge in [0.15, 0.2) is 11.5 Å². The van der Waals surface area contributed by atoms with Gasteiger partial charge in [-0.3, -0.25) is 9.20 Å². The first kappa shape index (κ1) is 20.9. The van der Waals surface area contributed by atoms with E-state index in [1.54, 1.807) is 0 Å². The summed E-state index contributed by atoms with van der Waals surface area (Å²) < 4.78 is 2.12. The van der Waals surface area contributed by atoms with Crippen LogP contribution >= 0.6 is 0 Å². The molecule has 4 aromatic rings. The number of carbonyl (C=O) groups excluding carboxylic acids is 1. The minimum atomic E-state index is 0.00107. The maximum atomic E-state index is 12.4. The third-order valence-electron chi connectivity index (χ3n) is 6.95. The fourth-order valence-electron chi connectivity index (χ4n) is 4.81. The number of fused-ring (bicyclic) bond motifs is 1. The molecule has 34 heavy (non-hydrogen) atoms. The Hall–Kier alpha value is -3.67. The van der Waals surface area contributed by atoms with E-state index in [4.69, 9.17) is 9.97 Å². The number of rotatable bonds is 7. The minimum Gasteiger partial charge on any atom is -0.367 e. The van der Waals surface area contributed by atoms with Gasteiger partial charge < -0.3 is 10.6 Å². The highest BCUT2D eigenvalue weighted by molar-refractivity contribution is 5.95. The van der Waals surface area contributed by atoms with Gasteiger partial charge in [0.25, 0.3) is 5.91 Å². The highest BCUT2D eigenvalue weighted by Crippen LogP contribution is 2.30. The number of nitrogens with one attached hydrogen (secondary N) is 2. The maximum absolute atomic E-state index is 12.4. The van der Waals surface area contributed by atoms with Gasteiger partial charge in [-0.1, -0.05) is 55.3 Å². The lowest BCUT2D eigenvalue weighted by Gasteiger charge is -2.14. The molecule has 1 amide bonds. The number of aromatic nitrogens is 3. The largest absolute Gasteiger partial charge is 0.367 e. The molecular weight excluding hydrogens is 422 g/mol. The molecule has 172 valence electrons. The van der Waals surface area contributed by atoms with E-state index in [2.05, 4.69) is 33.4 Å². The van der Waals surface area contributed by atoms with Crippen LogP contribution in [0, 0.1) is 5.92 Å². The van der Waals surface area contributed by atoms with Crippen molar-refractivity contribution in [3.8, 4) is 22.5 Å². The fraction of sp³-hybridized carbons (Fsp3) is 0.321. The quantitative estimate of drug-likeness (QED) is 0.386. The predicted octanol–water partition coefficient (Wildman–Crippen LogP) is 5.56. The molecule has 0 radical (unpaired) electrons. The van der Waals surface area contributed by atoms with Gasteiger partial charge >= 0.3 is 0 Å². The SMILES string of the molecule is O=C(NC1CC1)c1ccc(-c2cnc3c(NCC4CCCC4)nc(-c4ccccc4)cn23)cc1. The van der Waals surface area contributed by atoms with E-state index in [1.807, 2.05) is 48.7 Å². The molecule has 2 aromatic heterocycles. The van der Waals surface area contributed by atoms with Crippen LogP contribution in [-0.2, 0) is 0 Å². The van der Waals surface area contributed by atoms with Crippen LogP contribution < -0.4 is 10.6 Å². The van der Waals surface area contributed by atoms with E-state index in [0.717, 1.165) is 53.4 Å². The van der Waals surface area contributed by atoms with E-state index in [0.29, 0.717) is 17.5 Å². The number of hydrogen-bond acceptors (Lipinski definition) is 4. The van der Waals surface area contributed by atoms with Crippen molar-refractivity contribution in [1.29, 1.82) is 0 Å². The zero-order chi connectivity index (χ0) is 22.9. The summed E-state index contributed by atoms with van der Waals surface area (Å²) in [5.41, 5.74) is 5.48. The lowest BCUT2D eigenvalue weighted by Crippen LogP contribution is -2.25. The van der Waals surface area contributed by atoms with Crippen LogP contribution in [0.3, 0.4) is 0 Å². The molecule has 0 atom stereocenters. The van der Waals surface area contributed by atoms with Crippen molar-refractivity contribution in [2.45, 2.75) is 44.6 Å². The molecule has 0 spiro atoms. The smallest absolute Gasteiger partial charge is 0.251 e. The Kier molecular flexibility index (Phi) is 5.49. The Morgan fingerprint density at radius 3 is 2.44 bits per heavy atom. The average Bonchev–Trinajstić information content (AvgIpc) is 3.35. The van der Waals surface area contributed by atoms with Gasteiger partial charge in [-0.15, -0.1) is 0 Å². The van der Waals surface area contributed by atoms with Crippen LogP contribution in [0.25, 0.3) is 28.2 Å². The number of nitrogens with zero attached hydrogens (tertiary/aromatic N) is 3. The number of benzene rings is 2.